The fourth-order valence-corrected chi connectivity index (χ4v) is 3.27. The average molecular weight is 301 g/mol. The van der Waals surface area contributed by atoms with Crippen LogP contribution in [0.5, 0.6) is 0 Å². The number of nitrogens with two attached hydrogens (primary N) is 1. The van der Waals surface area contributed by atoms with Gasteiger partial charge >= 0.3 is 0 Å². The molecule has 1 fully saturated rings. The lowest BCUT2D eigenvalue weighted by Gasteiger charge is -2.33. The number of hydrogen-bond acceptors (Lipinski definition) is 2. The van der Waals surface area contributed by atoms with Gasteiger partial charge in [0.15, 0.2) is 0 Å². The Labute approximate surface area is 123 Å². The third kappa shape index (κ3) is 3.22. The van der Waals surface area contributed by atoms with E-state index in [1.165, 1.54) is 0 Å². The predicted octanol–water partition coefficient (Wildman–Crippen LogP) is 3.39. The van der Waals surface area contributed by atoms with E-state index in [9.17, 15) is 4.79 Å². The molecule has 5 heteroatoms. The van der Waals surface area contributed by atoms with Gasteiger partial charge in [0.2, 0.25) is 5.91 Å². The minimum absolute atomic E-state index is 0.0825. The first-order valence-electron chi connectivity index (χ1n) is 6.54. The maximum atomic E-state index is 12.1. The molecule has 19 heavy (non-hydrogen) atoms. The maximum Gasteiger partial charge on any atom is 0.223 e. The van der Waals surface area contributed by atoms with Gasteiger partial charge in [0.25, 0.3) is 0 Å². The Bertz CT molecular complexity index is 458. The van der Waals surface area contributed by atoms with E-state index in [0.29, 0.717) is 23.0 Å². The van der Waals surface area contributed by atoms with E-state index < -0.39 is 0 Å². The zero-order chi connectivity index (χ0) is 14.0. The molecule has 2 rings (SSSR count). The fourth-order valence-electron chi connectivity index (χ4n) is 2.72. The predicted molar refractivity (Wildman–Crippen MR) is 78.4 cm³/mol. The molecule has 0 spiro atoms. The molecule has 1 aliphatic heterocycles. The van der Waals surface area contributed by atoms with Gasteiger partial charge in [-0.3, -0.25) is 4.79 Å². The number of nitrogens with zero attached hydrogens (tertiary/aromatic N) is 1. The number of likely N-dealkylation sites (tertiary alicyclic amines) is 1. The van der Waals surface area contributed by atoms with E-state index in [4.69, 9.17) is 28.9 Å². The summed E-state index contributed by atoms with van der Waals surface area (Å²) in [6.45, 7) is 2.61. The van der Waals surface area contributed by atoms with Crippen LogP contribution in [0, 0.1) is 0 Å². The summed E-state index contributed by atoms with van der Waals surface area (Å²) in [7, 11) is 0. The molecule has 1 aromatic rings. The van der Waals surface area contributed by atoms with Crippen LogP contribution in [-0.2, 0) is 4.79 Å². The summed E-state index contributed by atoms with van der Waals surface area (Å²) in [6.07, 6.45) is 2.23. The Kier molecular flexibility index (Phi) is 4.71. The zero-order valence-corrected chi connectivity index (χ0v) is 12.4. The Morgan fingerprint density at radius 2 is 1.95 bits per heavy atom. The van der Waals surface area contributed by atoms with Crippen LogP contribution in [0.4, 0.5) is 0 Å². The number of carbonyl (C=O) groups is 1. The van der Waals surface area contributed by atoms with Crippen molar-refractivity contribution in [3.05, 3.63) is 33.8 Å². The second kappa shape index (κ2) is 6.12. The molecule has 1 saturated heterocycles. The first kappa shape index (κ1) is 14.6. The van der Waals surface area contributed by atoms with E-state index >= 15 is 0 Å². The second-order valence-electron chi connectivity index (χ2n) is 4.88. The van der Waals surface area contributed by atoms with Gasteiger partial charge in [-0.1, -0.05) is 23.2 Å². The van der Waals surface area contributed by atoms with Crippen LogP contribution in [0.1, 0.15) is 37.8 Å². The second-order valence-corrected chi connectivity index (χ2v) is 5.76. The van der Waals surface area contributed by atoms with Crippen LogP contribution in [-0.4, -0.2) is 23.4 Å². The fraction of sp³-hybridized carbons (Fsp3) is 0.500. The molecule has 0 bridgehead atoms. The average Bonchev–Trinajstić information content (AvgIpc) is 2.46. The molecule has 2 unspecified atom stereocenters. The van der Waals surface area contributed by atoms with Crippen LogP contribution in [0.3, 0.4) is 0 Å². The van der Waals surface area contributed by atoms with E-state index in [1.807, 2.05) is 24.0 Å². The van der Waals surface area contributed by atoms with Crippen LogP contribution in [0.15, 0.2) is 18.2 Å². The van der Waals surface area contributed by atoms with E-state index in [2.05, 4.69) is 0 Å². The molecule has 3 nitrogen and oxygen atoms in total. The molecule has 104 valence electrons. The van der Waals surface area contributed by atoms with Crippen molar-refractivity contribution in [3.8, 4) is 0 Å². The monoisotopic (exact) mass is 300 g/mol. The largest absolute Gasteiger partial charge is 0.334 e. The molecule has 0 aliphatic carbocycles. The molecule has 2 atom stereocenters. The minimum atomic E-state index is -0.142. The van der Waals surface area contributed by atoms with Gasteiger partial charge in [-0.05, 0) is 43.5 Å². The van der Waals surface area contributed by atoms with Gasteiger partial charge in [-0.2, -0.15) is 0 Å². The molecule has 0 saturated carbocycles. The Balaban J connectivity index is 2.43. The molecular weight excluding hydrogens is 283 g/mol. The van der Waals surface area contributed by atoms with Crippen LogP contribution < -0.4 is 5.73 Å². The van der Waals surface area contributed by atoms with Crippen molar-refractivity contribution in [1.82, 2.24) is 4.90 Å². The van der Waals surface area contributed by atoms with Crippen molar-refractivity contribution in [2.24, 2.45) is 5.73 Å². The lowest BCUT2D eigenvalue weighted by molar-refractivity contribution is -0.133. The summed E-state index contributed by atoms with van der Waals surface area (Å²) < 4.78 is 0. The van der Waals surface area contributed by atoms with E-state index in [-0.39, 0.29) is 18.0 Å². The molecule has 2 N–H and O–H groups in total. The summed E-state index contributed by atoms with van der Waals surface area (Å²) in [5.74, 6) is 0.150. The quantitative estimate of drug-likeness (QED) is 0.910. The number of benzene rings is 1. The number of carbonyl (C=O) groups excluding carboxylic acids is 1. The lowest BCUT2D eigenvalue weighted by Crippen LogP contribution is -2.42. The maximum absolute atomic E-state index is 12.1. The summed E-state index contributed by atoms with van der Waals surface area (Å²) >= 11 is 12.1. The van der Waals surface area contributed by atoms with Gasteiger partial charge in [0.05, 0.1) is 6.04 Å². The molecule has 1 amide bonds. The van der Waals surface area contributed by atoms with Crippen molar-refractivity contribution < 1.29 is 4.79 Å². The highest BCUT2D eigenvalue weighted by molar-refractivity contribution is 6.34. The lowest BCUT2D eigenvalue weighted by atomic mass is 9.96. The normalized spacial score (nSPS) is 24.4. The topological polar surface area (TPSA) is 46.3 Å². The highest BCUT2D eigenvalue weighted by atomic mass is 35.5. The molecule has 1 aromatic carbocycles. The number of likely N-dealkylation sites (N-methyl/N-ethyl adjacent to an activating group) is 1. The van der Waals surface area contributed by atoms with Gasteiger partial charge in [-0.25, -0.2) is 0 Å². The highest BCUT2D eigenvalue weighted by Crippen LogP contribution is 2.33. The number of hydrogen-bond donors (Lipinski definition) is 1. The SMILES string of the molecule is CCN1C(=O)CCCC(N)C1c1cc(Cl)cc(Cl)c1. The molecule has 1 aliphatic rings. The highest BCUT2D eigenvalue weighted by Gasteiger charge is 2.32. The Morgan fingerprint density at radius 1 is 1.32 bits per heavy atom. The standard InChI is InChI=1S/C14H18Cl2N2O/c1-2-18-13(19)5-3-4-12(17)14(18)9-6-10(15)8-11(16)7-9/h6-8,12,14H,2-5,17H2,1H3. The van der Waals surface area contributed by atoms with Crippen LogP contribution in [0.2, 0.25) is 10.0 Å². The van der Waals surface area contributed by atoms with Gasteiger partial charge in [-0.15, -0.1) is 0 Å². The summed E-state index contributed by atoms with van der Waals surface area (Å²) in [4.78, 5) is 14.0. The smallest absolute Gasteiger partial charge is 0.223 e. The summed E-state index contributed by atoms with van der Waals surface area (Å²) in [5.41, 5.74) is 7.18. The van der Waals surface area contributed by atoms with E-state index in [0.717, 1.165) is 18.4 Å². The van der Waals surface area contributed by atoms with Gasteiger partial charge in [0, 0.05) is 29.1 Å². The Morgan fingerprint density at radius 3 is 2.53 bits per heavy atom. The third-order valence-electron chi connectivity index (χ3n) is 3.56. The minimum Gasteiger partial charge on any atom is -0.334 e. The summed E-state index contributed by atoms with van der Waals surface area (Å²) in [6, 6.07) is 5.16. The number of halogens is 2. The molecule has 0 aromatic heterocycles. The third-order valence-corrected chi connectivity index (χ3v) is 3.99. The van der Waals surface area contributed by atoms with Crippen LogP contribution >= 0.6 is 23.2 Å². The molecule has 1 heterocycles. The van der Waals surface area contributed by atoms with Crippen molar-refractivity contribution in [2.45, 2.75) is 38.3 Å². The van der Waals surface area contributed by atoms with Crippen LogP contribution in [0.25, 0.3) is 0 Å². The number of amides is 1. The number of rotatable bonds is 2. The van der Waals surface area contributed by atoms with E-state index in [1.54, 1.807) is 6.07 Å². The zero-order valence-electron chi connectivity index (χ0n) is 10.9. The Hall–Kier alpha value is -0.770. The van der Waals surface area contributed by atoms with Crippen molar-refractivity contribution >= 4 is 29.1 Å². The van der Waals surface area contributed by atoms with Crippen molar-refractivity contribution in [2.75, 3.05) is 6.54 Å². The van der Waals surface area contributed by atoms with Gasteiger partial charge < -0.3 is 10.6 Å². The van der Waals surface area contributed by atoms with Crippen molar-refractivity contribution in [1.29, 1.82) is 0 Å². The molecular formula is C14H18Cl2N2O. The summed E-state index contributed by atoms with van der Waals surface area (Å²) in [5, 5.41) is 1.14. The van der Waals surface area contributed by atoms with Gasteiger partial charge in [0.1, 0.15) is 0 Å². The first-order valence-corrected chi connectivity index (χ1v) is 7.29. The first-order chi connectivity index (χ1) is 9.02. The molecule has 0 radical (unpaired) electrons. The van der Waals surface area contributed by atoms with Crippen molar-refractivity contribution in [3.63, 3.8) is 0 Å².